The SMILES string of the molecule is COC(=O)CN(CCO)CCN1CC(C(=O)N(C)Cc2ccc(Cl)c(Cl)c2)C(=O)C1=O. The summed E-state index contributed by atoms with van der Waals surface area (Å²) in [6, 6.07) is 4.98. The number of aliphatic hydroxyl groups is 1. The fraction of sp³-hybridized carbons (Fsp3) is 0.500. The Balaban J connectivity index is 1.97. The predicted octanol–water partition coefficient (Wildman–Crippen LogP) is 0.447. The van der Waals surface area contributed by atoms with Crippen molar-refractivity contribution < 1.29 is 29.0 Å². The maximum atomic E-state index is 12.8. The number of esters is 1. The quantitative estimate of drug-likeness (QED) is 0.298. The number of ketones is 1. The van der Waals surface area contributed by atoms with Crippen molar-refractivity contribution in [2.45, 2.75) is 6.54 Å². The van der Waals surface area contributed by atoms with E-state index in [2.05, 4.69) is 4.74 Å². The topological polar surface area (TPSA) is 107 Å². The van der Waals surface area contributed by atoms with Gasteiger partial charge in [-0.3, -0.25) is 24.1 Å². The molecule has 1 atom stereocenters. The van der Waals surface area contributed by atoms with Crippen molar-refractivity contribution in [3.63, 3.8) is 0 Å². The zero-order valence-corrected chi connectivity index (χ0v) is 18.9. The van der Waals surface area contributed by atoms with Crippen molar-refractivity contribution >= 4 is 46.8 Å². The van der Waals surface area contributed by atoms with Gasteiger partial charge in [-0.25, -0.2) is 0 Å². The van der Waals surface area contributed by atoms with E-state index >= 15 is 0 Å². The summed E-state index contributed by atoms with van der Waals surface area (Å²) in [5.74, 6) is -3.52. The molecule has 0 bridgehead atoms. The summed E-state index contributed by atoms with van der Waals surface area (Å²) >= 11 is 11.9. The largest absolute Gasteiger partial charge is 0.468 e. The van der Waals surface area contributed by atoms with Crippen molar-refractivity contribution in [1.82, 2.24) is 14.7 Å². The van der Waals surface area contributed by atoms with E-state index in [0.717, 1.165) is 5.56 Å². The minimum Gasteiger partial charge on any atom is -0.468 e. The lowest BCUT2D eigenvalue weighted by molar-refractivity contribution is -0.145. The van der Waals surface area contributed by atoms with Gasteiger partial charge in [-0.15, -0.1) is 0 Å². The van der Waals surface area contributed by atoms with Gasteiger partial charge in [-0.1, -0.05) is 29.3 Å². The molecule has 1 aliphatic heterocycles. The maximum absolute atomic E-state index is 12.8. The van der Waals surface area contributed by atoms with Crippen molar-refractivity contribution in [3.05, 3.63) is 33.8 Å². The number of hydrogen-bond acceptors (Lipinski definition) is 7. The van der Waals surface area contributed by atoms with E-state index in [1.807, 2.05) is 0 Å². The second kappa shape index (κ2) is 11.4. The van der Waals surface area contributed by atoms with Crippen LogP contribution in [0.1, 0.15) is 5.56 Å². The first-order valence-corrected chi connectivity index (χ1v) is 10.4. The van der Waals surface area contributed by atoms with Gasteiger partial charge >= 0.3 is 5.97 Å². The van der Waals surface area contributed by atoms with Crippen LogP contribution >= 0.6 is 23.2 Å². The van der Waals surface area contributed by atoms with E-state index in [9.17, 15) is 19.2 Å². The van der Waals surface area contributed by atoms with E-state index in [1.165, 1.54) is 16.9 Å². The van der Waals surface area contributed by atoms with E-state index < -0.39 is 29.5 Å². The highest BCUT2D eigenvalue weighted by Gasteiger charge is 2.44. The van der Waals surface area contributed by atoms with Crippen LogP contribution in [0.3, 0.4) is 0 Å². The first-order chi connectivity index (χ1) is 14.7. The van der Waals surface area contributed by atoms with Gasteiger partial charge in [-0.2, -0.15) is 0 Å². The number of carbonyl (C=O) groups excluding carboxylic acids is 4. The number of methoxy groups -OCH3 is 1. The Morgan fingerprint density at radius 3 is 2.55 bits per heavy atom. The minimum atomic E-state index is -1.09. The molecule has 11 heteroatoms. The Bertz CT molecular complexity index is 850. The van der Waals surface area contributed by atoms with Crippen LogP contribution in [-0.2, 0) is 30.5 Å². The van der Waals surface area contributed by atoms with Crippen LogP contribution in [0, 0.1) is 5.92 Å². The highest BCUT2D eigenvalue weighted by Crippen LogP contribution is 2.24. The van der Waals surface area contributed by atoms with Crippen molar-refractivity contribution in [1.29, 1.82) is 0 Å². The molecule has 2 rings (SSSR count). The number of halogens is 2. The highest BCUT2D eigenvalue weighted by atomic mass is 35.5. The zero-order chi connectivity index (χ0) is 23.1. The third-order valence-corrected chi connectivity index (χ3v) is 5.72. The summed E-state index contributed by atoms with van der Waals surface area (Å²) in [6.45, 7) is 0.535. The van der Waals surface area contributed by atoms with Crippen LogP contribution < -0.4 is 0 Å². The number of hydrogen-bond donors (Lipinski definition) is 1. The smallest absolute Gasteiger partial charge is 0.319 e. The van der Waals surface area contributed by atoms with Crippen molar-refractivity contribution in [2.75, 3.05) is 53.5 Å². The summed E-state index contributed by atoms with van der Waals surface area (Å²) in [7, 11) is 2.80. The molecule has 1 N–H and O–H groups in total. The molecule has 2 amide bonds. The molecule has 170 valence electrons. The molecular weight excluding hydrogens is 449 g/mol. The van der Waals surface area contributed by atoms with Gasteiger partial charge in [0.15, 0.2) is 0 Å². The monoisotopic (exact) mass is 473 g/mol. The number of carbonyl (C=O) groups is 4. The zero-order valence-electron chi connectivity index (χ0n) is 17.3. The predicted molar refractivity (Wildman–Crippen MR) is 114 cm³/mol. The van der Waals surface area contributed by atoms with Crippen LogP contribution in [-0.4, -0.2) is 96.9 Å². The Labute approximate surface area is 190 Å². The lowest BCUT2D eigenvalue weighted by Crippen LogP contribution is -2.40. The first-order valence-electron chi connectivity index (χ1n) is 9.60. The lowest BCUT2D eigenvalue weighted by Gasteiger charge is -2.24. The molecule has 31 heavy (non-hydrogen) atoms. The fourth-order valence-electron chi connectivity index (χ4n) is 3.25. The van der Waals surface area contributed by atoms with Gasteiger partial charge in [0.05, 0.1) is 30.3 Å². The summed E-state index contributed by atoms with van der Waals surface area (Å²) < 4.78 is 4.61. The average Bonchev–Trinajstić information content (AvgIpc) is 3.02. The third kappa shape index (κ3) is 6.64. The summed E-state index contributed by atoms with van der Waals surface area (Å²) in [4.78, 5) is 53.3. The number of rotatable bonds is 10. The molecule has 1 aliphatic rings. The van der Waals surface area contributed by atoms with E-state index in [4.69, 9.17) is 28.3 Å². The molecule has 1 aromatic rings. The van der Waals surface area contributed by atoms with E-state index in [0.29, 0.717) is 10.0 Å². The minimum absolute atomic E-state index is 0.0343. The van der Waals surface area contributed by atoms with Crippen LogP contribution in [0.2, 0.25) is 10.0 Å². The molecule has 0 spiro atoms. The Kier molecular flexibility index (Phi) is 9.24. The number of nitrogens with zero attached hydrogens (tertiary/aromatic N) is 3. The number of likely N-dealkylation sites (tertiary alicyclic amines) is 1. The molecule has 1 aromatic carbocycles. The van der Waals surface area contributed by atoms with Crippen LogP contribution in [0.25, 0.3) is 0 Å². The van der Waals surface area contributed by atoms with E-state index in [1.54, 1.807) is 30.1 Å². The van der Waals surface area contributed by atoms with Crippen molar-refractivity contribution in [3.8, 4) is 0 Å². The second-order valence-electron chi connectivity index (χ2n) is 7.19. The number of Topliss-reactive ketones (excluding diaryl/α,β-unsaturated/α-hetero) is 1. The average molecular weight is 474 g/mol. The number of benzene rings is 1. The fourth-order valence-corrected chi connectivity index (χ4v) is 3.57. The van der Waals surface area contributed by atoms with Crippen molar-refractivity contribution in [2.24, 2.45) is 5.92 Å². The molecule has 0 aromatic heterocycles. The maximum Gasteiger partial charge on any atom is 0.319 e. The first kappa shape index (κ1) is 25.1. The number of aliphatic hydroxyl groups excluding tert-OH is 1. The summed E-state index contributed by atoms with van der Waals surface area (Å²) in [5.41, 5.74) is 0.737. The standard InChI is InChI=1S/C20H25Cl2N3O6/c1-23(10-13-3-4-15(21)16(22)9-13)19(29)14-11-25(20(30)18(14)28)6-5-24(7-8-26)12-17(27)31-2/h3-4,9,14,26H,5-8,10-12H2,1-2H3. The summed E-state index contributed by atoms with van der Waals surface area (Å²) in [5, 5.41) is 9.90. The number of ether oxygens (including phenoxy) is 1. The summed E-state index contributed by atoms with van der Waals surface area (Å²) in [6.07, 6.45) is 0. The van der Waals surface area contributed by atoms with Gasteiger partial charge in [0, 0.05) is 39.8 Å². The van der Waals surface area contributed by atoms with Crippen LogP contribution in [0.4, 0.5) is 0 Å². The third-order valence-electron chi connectivity index (χ3n) is 4.98. The van der Waals surface area contributed by atoms with Crippen LogP contribution in [0.15, 0.2) is 18.2 Å². The normalized spacial score (nSPS) is 16.2. The Hall–Kier alpha value is -2.20. The number of amides is 2. The molecule has 9 nitrogen and oxygen atoms in total. The molecule has 0 radical (unpaired) electrons. The molecule has 1 unspecified atom stereocenters. The molecule has 1 fully saturated rings. The van der Waals surface area contributed by atoms with Gasteiger partial charge in [0.2, 0.25) is 11.7 Å². The van der Waals surface area contributed by atoms with Crippen LogP contribution in [0.5, 0.6) is 0 Å². The molecule has 0 aliphatic carbocycles. The molecule has 0 saturated carbocycles. The molecule has 1 saturated heterocycles. The Morgan fingerprint density at radius 1 is 1.23 bits per heavy atom. The second-order valence-corrected chi connectivity index (χ2v) is 8.00. The highest BCUT2D eigenvalue weighted by molar-refractivity contribution is 6.42. The van der Waals surface area contributed by atoms with Gasteiger partial charge < -0.3 is 19.6 Å². The van der Waals surface area contributed by atoms with E-state index in [-0.39, 0.29) is 45.9 Å². The molecule has 1 heterocycles. The van der Waals surface area contributed by atoms with Gasteiger partial charge in [0.25, 0.3) is 5.91 Å². The van der Waals surface area contributed by atoms with Gasteiger partial charge in [0.1, 0.15) is 5.92 Å². The Morgan fingerprint density at radius 2 is 1.94 bits per heavy atom. The molecular formula is C20H25Cl2N3O6. The lowest BCUT2D eigenvalue weighted by atomic mass is 10.1. The van der Waals surface area contributed by atoms with Gasteiger partial charge in [-0.05, 0) is 17.7 Å².